The van der Waals surface area contributed by atoms with Gasteiger partial charge >= 0.3 is 0 Å². The Morgan fingerprint density at radius 1 is 1.20 bits per heavy atom. The predicted molar refractivity (Wildman–Crippen MR) is 81.1 cm³/mol. The van der Waals surface area contributed by atoms with Gasteiger partial charge in [-0.3, -0.25) is 0 Å². The minimum absolute atomic E-state index is 0.270. The molecule has 0 amide bonds. The fraction of sp³-hybridized carbons (Fsp3) is 0.250. The lowest BCUT2D eigenvalue weighted by Crippen LogP contribution is -2.01. The number of ether oxygens (including phenoxy) is 1. The first-order valence-electron chi connectivity index (χ1n) is 6.51. The van der Waals surface area contributed by atoms with Crippen molar-refractivity contribution in [3.63, 3.8) is 0 Å². The number of hydrogen-bond donors (Lipinski definition) is 1. The van der Waals surface area contributed by atoms with E-state index in [4.69, 9.17) is 16.3 Å². The topological polar surface area (TPSA) is 21.3 Å². The molecule has 0 aliphatic carbocycles. The molecular formula is C16H17ClFNO. The Balaban J connectivity index is 2.05. The number of aryl methyl sites for hydroxylation is 1. The number of rotatable bonds is 5. The van der Waals surface area contributed by atoms with Crippen molar-refractivity contribution in [1.29, 1.82) is 0 Å². The summed E-state index contributed by atoms with van der Waals surface area (Å²) in [6, 6.07) is 10.7. The van der Waals surface area contributed by atoms with Crippen LogP contribution in [-0.2, 0) is 6.54 Å². The van der Waals surface area contributed by atoms with Crippen LogP contribution in [0.4, 0.5) is 10.1 Å². The molecule has 0 saturated heterocycles. The van der Waals surface area contributed by atoms with E-state index in [-0.39, 0.29) is 11.6 Å². The highest BCUT2D eigenvalue weighted by atomic mass is 35.5. The molecule has 0 fully saturated rings. The molecule has 0 spiro atoms. The summed E-state index contributed by atoms with van der Waals surface area (Å²) in [5, 5.41) is 3.86. The van der Waals surface area contributed by atoms with Gasteiger partial charge in [0, 0.05) is 23.3 Å². The summed E-state index contributed by atoms with van der Waals surface area (Å²) in [5.41, 5.74) is 2.79. The van der Waals surface area contributed by atoms with Gasteiger partial charge in [0.1, 0.15) is 0 Å². The minimum atomic E-state index is -0.369. The zero-order valence-corrected chi connectivity index (χ0v) is 12.3. The molecule has 0 aliphatic rings. The summed E-state index contributed by atoms with van der Waals surface area (Å²) >= 11 is 6.16. The zero-order valence-electron chi connectivity index (χ0n) is 11.5. The molecule has 0 unspecified atom stereocenters. The molecule has 0 atom stereocenters. The molecule has 106 valence electrons. The zero-order chi connectivity index (χ0) is 14.5. The Kier molecular flexibility index (Phi) is 4.85. The molecule has 0 bridgehead atoms. The summed E-state index contributed by atoms with van der Waals surface area (Å²) in [5.74, 6) is -0.0988. The van der Waals surface area contributed by atoms with Crippen molar-refractivity contribution in [2.45, 2.75) is 20.4 Å². The molecular weight excluding hydrogens is 277 g/mol. The number of hydrogen-bond acceptors (Lipinski definition) is 2. The van der Waals surface area contributed by atoms with Crippen molar-refractivity contribution in [3.8, 4) is 5.75 Å². The summed E-state index contributed by atoms with van der Waals surface area (Å²) in [7, 11) is 0. The molecule has 0 aromatic heterocycles. The molecule has 2 aromatic rings. The van der Waals surface area contributed by atoms with Crippen LogP contribution in [0, 0.1) is 12.7 Å². The van der Waals surface area contributed by atoms with Crippen LogP contribution in [-0.4, -0.2) is 6.61 Å². The number of nitrogens with one attached hydrogen (secondary N) is 1. The molecule has 0 radical (unpaired) electrons. The quantitative estimate of drug-likeness (QED) is 0.855. The van der Waals surface area contributed by atoms with Gasteiger partial charge in [-0.25, -0.2) is 4.39 Å². The third-order valence-electron chi connectivity index (χ3n) is 2.92. The second kappa shape index (κ2) is 6.62. The molecule has 2 aromatic carbocycles. The monoisotopic (exact) mass is 293 g/mol. The van der Waals surface area contributed by atoms with Gasteiger partial charge in [0.25, 0.3) is 0 Å². The minimum Gasteiger partial charge on any atom is -0.491 e. The molecule has 1 N–H and O–H groups in total. The highest BCUT2D eigenvalue weighted by molar-refractivity contribution is 6.31. The summed E-state index contributed by atoms with van der Waals surface area (Å²) in [6.45, 7) is 4.81. The lowest BCUT2D eigenvalue weighted by Gasteiger charge is -2.10. The van der Waals surface area contributed by atoms with Gasteiger partial charge in [-0.1, -0.05) is 23.7 Å². The van der Waals surface area contributed by atoms with E-state index in [0.717, 1.165) is 11.1 Å². The van der Waals surface area contributed by atoms with Crippen molar-refractivity contribution < 1.29 is 9.13 Å². The van der Waals surface area contributed by atoms with Crippen LogP contribution in [0.2, 0.25) is 5.02 Å². The first-order valence-corrected chi connectivity index (χ1v) is 6.89. The molecule has 0 heterocycles. The number of anilines is 1. The summed E-state index contributed by atoms with van der Waals surface area (Å²) in [6.07, 6.45) is 0. The van der Waals surface area contributed by atoms with E-state index in [9.17, 15) is 4.39 Å². The third kappa shape index (κ3) is 3.64. The molecule has 0 saturated carbocycles. The average molecular weight is 294 g/mol. The highest BCUT2D eigenvalue weighted by Crippen LogP contribution is 2.23. The maximum Gasteiger partial charge on any atom is 0.167 e. The lowest BCUT2D eigenvalue weighted by molar-refractivity contribution is 0.321. The Labute approximate surface area is 123 Å². The van der Waals surface area contributed by atoms with Crippen molar-refractivity contribution in [3.05, 3.63) is 58.4 Å². The Bertz CT molecular complexity index is 601. The Morgan fingerprint density at radius 3 is 2.65 bits per heavy atom. The fourth-order valence-electron chi connectivity index (χ4n) is 1.88. The first kappa shape index (κ1) is 14.7. The maximum absolute atomic E-state index is 13.7. The number of benzene rings is 2. The van der Waals surface area contributed by atoms with Crippen LogP contribution < -0.4 is 10.1 Å². The maximum atomic E-state index is 13.7. The molecule has 4 heteroatoms. The fourth-order valence-corrected chi connectivity index (χ4v) is 2.18. The van der Waals surface area contributed by atoms with Crippen LogP contribution >= 0.6 is 11.6 Å². The van der Waals surface area contributed by atoms with Crippen LogP contribution in [0.3, 0.4) is 0 Å². The van der Waals surface area contributed by atoms with Crippen LogP contribution in [0.1, 0.15) is 18.1 Å². The van der Waals surface area contributed by atoms with Crippen LogP contribution in [0.15, 0.2) is 36.4 Å². The second-order valence-corrected chi connectivity index (χ2v) is 4.93. The highest BCUT2D eigenvalue weighted by Gasteiger charge is 2.05. The van der Waals surface area contributed by atoms with E-state index < -0.39 is 0 Å². The molecule has 20 heavy (non-hydrogen) atoms. The van der Waals surface area contributed by atoms with E-state index in [0.29, 0.717) is 23.9 Å². The van der Waals surface area contributed by atoms with Crippen molar-refractivity contribution in [2.24, 2.45) is 0 Å². The molecule has 2 nitrogen and oxygen atoms in total. The van der Waals surface area contributed by atoms with Gasteiger partial charge in [-0.05, 0) is 43.2 Å². The van der Waals surface area contributed by atoms with Crippen molar-refractivity contribution in [2.75, 3.05) is 11.9 Å². The number of halogens is 2. The normalized spacial score (nSPS) is 10.4. The van der Waals surface area contributed by atoms with Crippen LogP contribution in [0.5, 0.6) is 5.75 Å². The summed E-state index contributed by atoms with van der Waals surface area (Å²) in [4.78, 5) is 0. The average Bonchev–Trinajstić information content (AvgIpc) is 2.41. The first-order chi connectivity index (χ1) is 9.60. The second-order valence-electron chi connectivity index (χ2n) is 4.53. The largest absolute Gasteiger partial charge is 0.491 e. The van der Waals surface area contributed by atoms with E-state index in [1.807, 2.05) is 32.0 Å². The Morgan fingerprint density at radius 2 is 2.00 bits per heavy atom. The van der Waals surface area contributed by atoms with Crippen molar-refractivity contribution >= 4 is 17.3 Å². The van der Waals surface area contributed by atoms with Crippen LogP contribution in [0.25, 0.3) is 0 Å². The van der Waals surface area contributed by atoms with E-state index in [2.05, 4.69) is 5.32 Å². The van der Waals surface area contributed by atoms with E-state index in [1.165, 1.54) is 6.07 Å². The van der Waals surface area contributed by atoms with Gasteiger partial charge in [0.2, 0.25) is 0 Å². The Hall–Kier alpha value is -1.74. The van der Waals surface area contributed by atoms with E-state index in [1.54, 1.807) is 12.1 Å². The third-order valence-corrected chi connectivity index (χ3v) is 3.28. The van der Waals surface area contributed by atoms with Crippen molar-refractivity contribution in [1.82, 2.24) is 0 Å². The smallest absolute Gasteiger partial charge is 0.167 e. The lowest BCUT2D eigenvalue weighted by atomic mass is 10.1. The summed E-state index contributed by atoms with van der Waals surface area (Å²) < 4.78 is 18.9. The predicted octanol–water partition coefficient (Wildman–Crippen LogP) is 4.80. The van der Waals surface area contributed by atoms with Gasteiger partial charge in [0.05, 0.1) is 6.61 Å². The van der Waals surface area contributed by atoms with Gasteiger partial charge in [-0.15, -0.1) is 0 Å². The standard InChI is InChI=1S/C16H17ClFNO/c1-3-20-16-7-6-13(9-15(16)18)19-10-12-5-4-11(2)8-14(12)17/h4-9,19H,3,10H2,1-2H3. The molecule has 0 aliphatic heterocycles. The van der Waals surface area contributed by atoms with Gasteiger partial charge in [-0.2, -0.15) is 0 Å². The van der Waals surface area contributed by atoms with E-state index >= 15 is 0 Å². The van der Waals surface area contributed by atoms with Gasteiger partial charge < -0.3 is 10.1 Å². The molecule has 2 rings (SSSR count). The van der Waals surface area contributed by atoms with Gasteiger partial charge in [0.15, 0.2) is 11.6 Å². The SMILES string of the molecule is CCOc1ccc(NCc2ccc(C)cc2Cl)cc1F.